The van der Waals surface area contributed by atoms with Gasteiger partial charge in [0.1, 0.15) is 6.61 Å². The highest BCUT2D eigenvalue weighted by Gasteiger charge is 2.16. The number of primary amides is 1. The lowest BCUT2D eigenvalue weighted by Crippen LogP contribution is -2.48. The second kappa shape index (κ2) is 6.58. The molecule has 0 unspecified atom stereocenters. The van der Waals surface area contributed by atoms with E-state index in [1.54, 1.807) is 38.4 Å². The number of nitrogens with zero attached hydrogens (tertiary/aromatic N) is 1. The summed E-state index contributed by atoms with van der Waals surface area (Å²) in [5.41, 5.74) is 11.3. The Morgan fingerprint density at radius 1 is 1.28 bits per heavy atom. The highest BCUT2D eigenvalue weighted by atomic mass is 16.5. The van der Waals surface area contributed by atoms with Crippen molar-refractivity contribution in [3.8, 4) is 0 Å². The van der Waals surface area contributed by atoms with Gasteiger partial charge in [0.05, 0.1) is 0 Å². The second-order valence-corrected chi connectivity index (χ2v) is 3.35. The van der Waals surface area contributed by atoms with Crippen LogP contribution in [0.25, 0.3) is 0 Å². The van der Waals surface area contributed by atoms with E-state index in [9.17, 15) is 9.59 Å². The SMILES string of the molecule is CNN(NC)C(=O)c1ccccc1COC(N)=O. The van der Waals surface area contributed by atoms with Crippen molar-refractivity contribution in [2.24, 2.45) is 5.73 Å². The Hall–Kier alpha value is -2.12. The van der Waals surface area contributed by atoms with Crippen molar-refractivity contribution in [2.75, 3.05) is 14.1 Å². The average molecular weight is 252 g/mol. The minimum atomic E-state index is -0.878. The van der Waals surface area contributed by atoms with Crippen LogP contribution in [0.1, 0.15) is 15.9 Å². The Bertz CT molecular complexity index is 432. The van der Waals surface area contributed by atoms with Gasteiger partial charge in [-0.15, -0.1) is 0 Å². The largest absolute Gasteiger partial charge is 0.445 e. The molecule has 1 aromatic rings. The first-order chi connectivity index (χ1) is 8.60. The molecule has 0 radical (unpaired) electrons. The zero-order valence-corrected chi connectivity index (χ0v) is 10.3. The van der Waals surface area contributed by atoms with Crippen LogP contribution in [0.2, 0.25) is 0 Å². The lowest BCUT2D eigenvalue weighted by molar-refractivity contribution is 0.0573. The molecular weight excluding hydrogens is 236 g/mol. The zero-order valence-electron chi connectivity index (χ0n) is 10.3. The van der Waals surface area contributed by atoms with E-state index in [0.717, 1.165) is 0 Å². The van der Waals surface area contributed by atoms with Crippen molar-refractivity contribution in [1.82, 2.24) is 16.0 Å². The van der Waals surface area contributed by atoms with Crippen molar-refractivity contribution < 1.29 is 14.3 Å². The molecule has 0 heterocycles. The van der Waals surface area contributed by atoms with E-state index >= 15 is 0 Å². The third-order valence-electron chi connectivity index (χ3n) is 2.27. The third kappa shape index (κ3) is 3.44. The Morgan fingerprint density at radius 3 is 2.44 bits per heavy atom. The Balaban J connectivity index is 2.93. The molecule has 1 aromatic carbocycles. The molecule has 7 heteroatoms. The maximum Gasteiger partial charge on any atom is 0.404 e. The average Bonchev–Trinajstić information content (AvgIpc) is 2.38. The Labute approximate surface area is 105 Å². The van der Waals surface area contributed by atoms with Gasteiger partial charge in [-0.1, -0.05) is 18.2 Å². The number of carbonyl (C=O) groups is 2. The number of nitrogens with two attached hydrogens (primary N) is 1. The van der Waals surface area contributed by atoms with Crippen LogP contribution in [0.15, 0.2) is 24.3 Å². The summed E-state index contributed by atoms with van der Waals surface area (Å²) in [5, 5.41) is 1.21. The first kappa shape index (κ1) is 13.9. The fraction of sp³-hybridized carbons (Fsp3) is 0.273. The van der Waals surface area contributed by atoms with Gasteiger partial charge in [0.2, 0.25) is 0 Å². The van der Waals surface area contributed by atoms with E-state index in [1.807, 2.05) is 0 Å². The normalized spacial score (nSPS) is 9.89. The van der Waals surface area contributed by atoms with Crippen LogP contribution >= 0.6 is 0 Å². The molecule has 0 aliphatic carbocycles. The lowest BCUT2D eigenvalue weighted by atomic mass is 10.1. The number of benzene rings is 1. The van der Waals surface area contributed by atoms with Crippen LogP contribution in [0.5, 0.6) is 0 Å². The number of hydrazine groups is 2. The molecule has 2 amide bonds. The summed E-state index contributed by atoms with van der Waals surface area (Å²) in [5.74, 6) is -0.288. The highest BCUT2D eigenvalue weighted by molar-refractivity contribution is 5.95. The Kier molecular flexibility index (Phi) is 5.09. The molecule has 1 rings (SSSR count). The first-order valence-corrected chi connectivity index (χ1v) is 5.29. The zero-order chi connectivity index (χ0) is 13.5. The number of carbonyl (C=O) groups excluding carboxylic acids is 2. The summed E-state index contributed by atoms with van der Waals surface area (Å²) in [6.45, 7) is -0.0431. The third-order valence-corrected chi connectivity index (χ3v) is 2.27. The monoisotopic (exact) mass is 252 g/mol. The van der Waals surface area contributed by atoms with Gasteiger partial charge in [0.15, 0.2) is 0 Å². The molecule has 0 atom stereocenters. The van der Waals surface area contributed by atoms with E-state index < -0.39 is 6.09 Å². The van der Waals surface area contributed by atoms with Gasteiger partial charge in [0, 0.05) is 25.2 Å². The van der Waals surface area contributed by atoms with Crippen molar-refractivity contribution in [3.63, 3.8) is 0 Å². The number of hydrogen-bond acceptors (Lipinski definition) is 5. The van der Waals surface area contributed by atoms with Gasteiger partial charge in [-0.3, -0.25) is 4.79 Å². The second-order valence-electron chi connectivity index (χ2n) is 3.35. The van der Waals surface area contributed by atoms with E-state index in [2.05, 4.69) is 10.9 Å². The van der Waals surface area contributed by atoms with Crippen LogP contribution in [-0.4, -0.2) is 31.2 Å². The molecule has 0 aliphatic rings. The molecular formula is C11H16N4O3. The van der Waals surface area contributed by atoms with E-state index in [-0.39, 0.29) is 12.5 Å². The quantitative estimate of drug-likeness (QED) is 0.641. The van der Waals surface area contributed by atoms with Crippen LogP contribution in [0.4, 0.5) is 4.79 Å². The smallest absolute Gasteiger partial charge is 0.404 e. The topological polar surface area (TPSA) is 96.7 Å². The molecule has 98 valence electrons. The molecule has 7 nitrogen and oxygen atoms in total. The maximum atomic E-state index is 12.1. The van der Waals surface area contributed by atoms with E-state index in [1.165, 1.54) is 5.12 Å². The van der Waals surface area contributed by atoms with Crippen LogP contribution in [0.3, 0.4) is 0 Å². The summed E-state index contributed by atoms with van der Waals surface area (Å²) in [6, 6.07) is 6.81. The lowest BCUT2D eigenvalue weighted by Gasteiger charge is -2.20. The molecule has 4 N–H and O–H groups in total. The van der Waals surface area contributed by atoms with Crippen LogP contribution in [-0.2, 0) is 11.3 Å². The Morgan fingerprint density at radius 2 is 1.89 bits per heavy atom. The highest BCUT2D eigenvalue weighted by Crippen LogP contribution is 2.11. The van der Waals surface area contributed by atoms with Crippen LogP contribution < -0.4 is 16.6 Å². The fourth-order valence-corrected chi connectivity index (χ4v) is 1.44. The van der Waals surface area contributed by atoms with Crippen LogP contribution in [0, 0.1) is 0 Å². The fourth-order valence-electron chi connectivity index (χ4n) is 1.44. The van der Waals surface area contributed by atoms with Crippen molar-refractivity contribution in [1.29, 1.82) is 0 Å². The molecule has 18 heavy (non-hydrogen) atoms. The summed E-state index contributed by atoms with van der Waals surface area (Å²) < 4.78 is 4.69. The van der Waals surface area contributed by atoms with Crippen molar-refractivity contribution in [2.45, 2.75) is 6.61 Å². The molecule has 0 aromatic heterocycles. The first-order valence-electron chi connectivity index (χ1n) is 5.29. The predicted molar refractivity (Wildman–Crippen MR) is 65.1 cm³/mol. The summed E-state index contributed by atoms with van der Waals surface area (Å²) in [4.78, 5) is 22.7. The molecule has 0 bridgehead atoms. The summed E-state index contributed by atoms with van der Waals surface area (Å²) in [7, 11) is 3.22. The van der Waals surface area contributed by atoms with Gasteiger partial charge in [-0.2, -0.15) is 0 Å². The molecule has 0 saturated carbocycles. The summed E-state index contributed by atoms with van der Waals surface area (Å²) in [6.07, 6.45) is -0.878. The molecule has 0 saturated heterocycles. The maximum absolute atomic E-state index is 12.1. The van der Waals surface area contributed by atoms with Crippen molar-refractivity contribution >= 4 is 12.0 Å². The number of hydrogen-bond donors (Lipinski definition) is 3. The van der Waals surface area contributed by atoms with E-state index in [4.69, 9.17) is 10.5 Å². The van der Waals surface area contributed by atoms with Gasteiger partial charge in [-0.25, -0.2) is 20.8 Å². The summed E-state index contributed by atoms with van der Waals surface area (Å²) >= 11 is 0. The molecule has 0 spiro atoms. The van der Waals surface area contributed by atoms with E-state index in [0.29, 0.717) is 11.1 Å². The molecule has 0 fully saturated rings. The number of ether oxygens (including phenoxy) is 1. The predicted octanol–water partition coefficient (Wildman–Crippen LogP) is -0.00710. The van der Waals surface area contributed by atoms with Gasteiger partial charge in [-0.05, 0) is 6.07 Å². The number of nitrogens with one attached hydrogen (secondary N) is 2. The van der Waals surface area contributed by atoms with Gasteiger partial charge < -0.3 is 10.5 Å². The van der Waals surface area contributed by atoms with Gasteiger partial charge >= 0.3 is 6.09 Å². The molecule has 0 aliphatic heterocycles. The number of rotatable bonds is 5. The minimum absolute atomic E-state index is 0.0431. The van der Waals surface area contributed by atoms with Crippen molar-refractivity contribution in [3.05, 3.63) is 35.4 Å². The minimum Gasteiger partial charge on any atom is -0.445 e. The standard InChI is InChI=1S/C11H16N4O3/c1-13-15(14-2)10(16)9-6-4-3-5-8(9)7-18-11(12)17/h3-6,13-14H,7H2,1-2H3,(H2,12,17). The van der Waals surface area contributed by atoms with Gasteiger partial charge in [0.25, 0.3) is 5.91 Å². The number of amides is 2.